The number of nitrogens with zero attached hydrogens (tertiary/aromatic N) is 2. The van der Waals surface area contributed by atoms with Crippen LogP contribution in [-0.4, -0.2) is 33.6 Å². The lowest BCUT2D eigenvalue weighted by Crippen LogP contribution is -2.40. The second-order valence-electron chi connectivity index (χ2n) is 8.22. The van der Waals surface area contributed by atoms with Crippen LogP contribution >= 0.6 is 39.9 Å². The van der Waals surface area contributed by atoms with Gasteiger partial charge in [0.05, 0.1) is 16.2 Å². The van der Waals surface area contributed by atoms with Gasteiger partial charge in [-0.25, -0.2) is 0 Å². The van der Waals surface area contributed by atoms with Crippen molar-refractivity contribution in [2.75, 3.05) is 11.4 Å². The van der Waals surface area contributed by atoms with Gasteiger partial charge in [0.2, 0.25) is 0 Å². The maximum atomic E-state index is 13.5. The molecule has 2 aliphatic heterocycles. The first-order valence-corrected chi connectivity index (χ1v) is 13.0. The lowest BCUT2D eigenvalue weighted by atomic mass is 9.94. The van der Waals surface area contributed by atoms with Gasteiger partial charge in [0.1, 0.15) is 4.32 Å². The molecule has 1 aromatic carbocycles. The molecule has 7 heteroatoms. The molecule has 1 aliphatic carbocycles. The van der Waals surface area contributed by atoms with Crippen molar-refractivity contribution < 1.29 is 9.59 Å². The van der Waals surface area contributed by atoms with Gasteiger partial charge in [-0.2, -0.15) is 0 Å². The highest BCUT2D eigenvalue weighted by molar-refractivity contribution is 9.10. The van der Waals surface area contributed by atoms with Gasteiger partial charge in [0.15, 0.2) is 0 Å². The first-order valence-electron chi connectivity index (χ1n) is 10.9. The number of halogens is 1. The van der Waals surface area contributed by atoms with Crippen LogP contribution in [0, 0.1) is 0 Å². The van der Waals surface area contributed by atoms with Gasteiger partial charge in [-0.1, -0.05) is 85.4 Å². The molecular weight excluding hydrogens is 480 g/mol. The van der Waals surface area contributed by atoms with Crippen LogP contribution in [0.5, 0.6) is 0 Å². The van der Waals surface area contributed by atoms with Gasteiger partial charge in [0, 0.05) is 22.6 Å². The zero-order valence-corrected chi connectivity index (χ0v) is 20.5. The van der Waals surface area contributed by atoms with Crippen LogP contribution in [0.2, 0.25) is 0 Å². The van der Waals surface area contributed by atoms with Gasteiger partial charge < -0.3 is 4.90 Å². The van der Waals surface area contributed by atoms with Crippen molar-refractivity contribution in [2.45, 2.75) is 70.8 Å². The molecule has 0 atom stereocenters. The third kappa shape index (κ3) is 4.13. The van der Waals surface area contributed by atoms with E-state index < -0.39 is 0 Å². The molecule has 2 amide bonds. The fourth-order valence-electron chi connectivity index (χ4n) is 4.63. The maximum Gasteiger partial charge on any atom is 0.267 e. The Labute approximate surface area is 196 Å². The fourth-order valence-corrected chi connectivity index (χ4v) is 6.46. The van der Waals surface area contributed by atoms with Crippen molar-refractivity contribution >= 4 is 67.3 Å². The van der Waals surface area contributed by atoms with E-state index in [1.165, 1.54) is 24.6 Å². The Kier molecular flexibility index (Phi) is 7.00. The summed E-state index contributed by atoms with van der Waals surface area (Å²) in [5, 5.41) is 0. The quantitative estimate of drug-likeness (QED) is 0.258. The predicted molar refractivity (Wildman–Crippen MR) is 131 cm³/mol. The smallest absolute Gasteiger partial charge is 0.267 e. The normalized spacial score (nSPS) is 22.4. The molecule has 2 fully saturated rings. The number of hydrogen-bond acceptors (Lipinski definition) is 4. The highest BCUT2D eigenvalue weighted by Crippen LogP contribution is 2.46. The van der Waals surface area contributed by atoms with E-state index in [1.54, 1.807) is 4.90 Å². The summed E-state index contributed by atoms with van der Waals surface area (Å²) in [5.74, 6) is -0.150. The topological polar surface area (TPSA) is 40.6 Å². The van der Waals surface area contributed by atoms with E-state index in [9.17, 15) is 9.59 Å². The molecule has 3 aliphatic rings. The van der Waals surface area contributed by atoms with Crippen LogP contribution in [-0.2, 0) is 9.59 Å². The van der Waals surface area contributed by atoms with Crippen molar-refractivity contribution in [2.24, 2.45) is 0 Å². The Morgan fingerprint density at radius 3 is 2.60 bits per heavy atom. The van der Waals surface area contributed by atoms with E-state index in [2.05, 4.69) is 22.9 Å². The second-order valence-corrected chi connectivity index (χ2v) is 10.8. The Hall–Kier alpha value is -1.18. The van der Waals surface area contributed by atoms with Crippen molar-refractivity contribution in [3.8, 4) is 0 Å². The SMILES string of the molecule is CCCCCCN1C(=O)C(=C2SC(=S)N(C3CCCCC3)C2=O)c2cc(Br)ccc21. The van der Waals surface area contributed by atoms with Gasteiger partial charge in [-0.05, 0) is 37.5 Å². The second kappa shape index (κ2) is 9.53. The summed E-state index contributed by atoms with van der Waals surface area (Å²) in [5.41, 5.74) is 2.27. The van der Waals surface area contributed by atoms with E-state index in [0.29, 0.717) is 21.3 Å². The number of thioether (sulfide) groups is 1. The van der Waals surface area contributed by atoms with Gasteiger partial charge >= 0.3 is 0 Å². The summed E-state index contributed by atoms with van der Waals surface area (Å²) < 4.78 is 1.50. The number of hydrogen-bond donors (Lipinski definition) is 0. The zero-order chi connectivity index (χ0) is 21.3. The first kappa shape index (κ1) is 22.0. The number of thiocarbonyl (C=S) groups is 1. The van der Waals surface area contributed by atoms with E-state index in [4.69, 9.17) is 12.2 Å². The Balaban J connectivity index is 1.68. The molecule has 1 saturated carbocycles. The van der Waals surface area contributed by atoms with Crippen LogP contribution in [0.1, 0.15) is 70.3 Å². The first-order chi connectivity index (χ1) is 14.5. The summed E-state index contributed by atoms with van der Waals surface area (Å²) in [6, 6.07) is 6.07. The average molecular weight is 508 g/mol. The largest absolute Gasteiger partial charge is 0.308 e. The standard InChI is InChI=1S/C23H27BrN2O2S2/c1-2-3-4-8-13-25-18-12-11-15(24)14-17(18)19(21(25)27)20-22(28)26(23(29)30-20)16-9-6-5-7-10-16/h11-12,14,16H,2-10,13H2,1H3. The number of amides is 2. The van der Waals surface area contributed by atoms with Crippen molar-refractivity contribution in [3.05, 3.63) is 33.1 Å². The van der Waals surface area contributed by atoms with E-state index in [1.807, 2.05) is 23.1 Å². The molecule has 0 N–H and O–H groups in total. The molecule has 0 unspecified atom stereocenters. The summed E-state index contributed by atoms with van der Waals surface area (Å²) in [6.07, 6.45) is 9.87. The van der Waals surface area contributed by atoms with Gasteiger partial charge in [0.25, 0.3) is 11.8 Å². The molecule has 4 nitrogen and oxygen atoms in total. The fraction of sp³-hybridized carbons (Fsp3) is 0.522. The number of carbonyl (C=O) groups excluding carboxylic acids is 2. The number of anilines is 1. The number of rotatable bonds is 6. The highest BCUT2D eigenvalue weighted by atomic mass is 79.9. The average Bonchev–Trinajstić information content (AvgIpc) is 3.17. The zero-order valence-electron chi connectivity index (χ0n) is 17.3. The van der Waals surface area contributed by atoms with Gasteiger partial charge in [-0.15, -0.1) is 0 Å². The molecule has 0 aromatic heterocycles. The third-order valence-electron chi connectivity index (χ3n) is 6.18. The lowest BCUT2D eigenvalue weighted by molar-refractivity contribution is -0.124. The third-order valence-corrected chi connectivity index (χ3v) is 8.07. The molecular formula is C23H27BrN2O2S2. The minimum Gasteiger partial charge on any atom is -0.308 e. The van der Waals surface area contributed by atoms with Crippen molar-refractivity contribution in [3.63, 3.8) is 0 Å². The molecule has 4 rings (SSSR count). The van der Waals surface area contributed by atoms with Gasteiger partial charge in [-0.3, -0.25) is 14.5 Å². The van der Waals surface area contributed by atoms with E-state index in [-0.39, 0.29) is 17.9 Å². The van der Waals surface area contributed by atoms with E-state index in [0.717, 1.165) is 60.7 Å². The van der Waals surface area contributed by atoms with Crippen molar-refractivity contribution in [1.82, 2.24) is 4.90 Å². The Morgan fingerprint density at radius 2 is 1.87 bits per heavy atom. The van der Waals surface area contributed by atoms with E-state index >= 15 is 0 Å². The molecule has 160 valence electrons. The summed E-state index contributed by atoms with van der Waals surface area (Å²) >= 11 is 10.4. The molecule has 0 bridgehead atoms. The molecule has 1 aromatic rings. The van der Waals surface area contributed by atoms with Crippen LogP contribution < -0.4 is 4.90 Å². The number of benzene rings is 1. The van der Waals surface area contributed by atoms with Crippen LogP contribution in [0.4, 0.5) is 5.69 Å². The maximum absolute atomic E-state index is 13.5. The van der Waals surface area contributed by atoms with Crippen molar-refractivity contribution in [1.29, 1.82) is 0 Å². The Bertz CT molecular complexity index is 908. The summed E-state index contributed by atoms with van der Waals surface area (Å²) in [7, 11) is 0. The van der Waals surface area contributed by atoms with Crippen LogP contribution in [0.3, 0.4) is 0 Å². The summed E-state index contributed by atoms with van der Waals surface area (Å²) in [4.78, 5) is 31.1. The molecule has 30 heavy (non-hydrogen) atoms. The molecule has 1 saturated heterocycles. The molecule has 0 spiro atoms. The molecule has 0 radical (unpaired) electrons. The predicted octanol–water partition coefficient (Wildman–Crippen LogP) is 6.28. The minimum absolute atomic E-state index is 0.0660. The summed E-state index contributed by atoms with van der Waals surface area (Å²) in [6.45, 7) is 2.86. The Morgan fingerprint density at radius 1 is 1.10 bits per heavy atom. The monoisotopic (exact) mass is 506 g/mol. The highest BCUT2D eigenvalue weighted by Gasteiger charge is 2.44. The minimum atomic E-state index is -0.0843. The molecule has 2 heterocycles. The number of unbranched alkanes of at least 4 members (excludes halogenated alkanes) is 3. The number of carbonyl (C=O) groups is 2. The number of fused-ring (bicyclic) bond motifs is 1. The van der Waals surface area contributed by atoms with Crippen LogP contribution in [0.25, 0.3) is 5.57 Å². The lowest BCUT2D eigenvalue weighted by Gasteiger charge is -2.29. The van der Waals surface area contributed by atoms with Crippen LogP contribution in [0.15, 0.2) is 27.6 Å².